The number of hydrogen-bond acceptors (Lipinski definition) is 3. The number of ether oxygens (including phenoxy) is 1. The normalized spacial score (nSPS) is 16.6. The number of likely N-dealkylation sites (N-methyl/N-ethyl adjacent to an activating group) is 1. The van der Waals surface area contributed by atoms with E-state index in [2.05, 4.69) is 4.52 Å². The second-order valence-corrected chi connectivity index (χ2v) is 5.90. The van der Waals surface area contributed by atoms with Gasteiger partial charge < -0.3 is 18.6 Å². The first kappa shape index (κ1) is 14.1. The van der Waals surface area contributed by atoms with Crippen molar-refractivity contribution in [3.63, 3.8) is 0 Å². The van der Waals surface area contributed by atoms with E-state index in [1.807, 2.05) is 21.1 Å². The Bertz CT molecular complexity index is 202. The lowest BCUT2D eigenvalue weighted by molar-refractivity contribution is -0.870. The van der Waals surface area contributed by atoms with Crippen LogP contribution in [0.5, 0.6) is 0 Å². The highest BCUT2D eigenvalue weighted by Gasteiger charge is 2.18. The van der Waals surface area contributed by atoms with Gasteiger partial charge in [-0.2, -0.15) is 0 Å². The molecule has 1 N–H and O–H groups in total. The molecule has 0 spiro atoms. The number of hydrogen-bond donors (Lipinski definition) is 1. The second-order valence-electron chi connectivity index (χ2n) is 4.11. The van der Waals surface area contributed by atoms with Crippen LogP contribution in [0, 0.1) is 0 Å². The van der Waals surface area contributed by atoms with Gasteiger partial charge in [0.2, 0.25) is 0 Å². The monoisotopic (exact) mass is 226 g/mol. The van der Waals surface area contributed by atoms with Gasteiger partial charge >= 0.3 is 7.60 Å². The predicted molar refractivity (Wildman–Crippen MR) is 55.2 cm³/mol. The summed E-state index contributed by atoms with van der Waals surface area (Å²) in [5, 5.41) is 0. The van der Waals surface area contributed by atoms with E-state index in [4.69, 9.17) is 9.63 Å². The van der Waals surface area contributed by atoms with E-state index in [0.717, 1.165) is 11.0 Å². The molecule has 0 aromatic rings. The lowest BCUT2D eigenvalue weighted by atomic mass is 10.5. The average molecular weight is 226 g/mol. The van der Waals surface area contributed by atoms with Crippen LogP contribution in [0.1, 0.15) is 6.92 Å². The Morgan fingerprint density at radius 3 is 2.36 bits per heavy atom. The summed E-state index contributed by atoms with van der Waals surface area (Å²) in [6, 6.07) is 0. The van der Waals surface area contributed by atoms with Gasteiger partial charge in [0.05, 0.1) is 34.4 Å². The minimum absolute atomic E-state index is 0.221. The molecule has 6 heteroatoms. The van der Waals surface area contributed by atoms with E-state index in [-0.39, 0.29) is 13.0 Å². The molecule has 0 saturated heterocycles. The van der Waals surface area contributed by atoms with Crippen molar-refractivity contribution in [3.05, 3.63) is 0 Å². The molecule has 0 aromatic carbocycles. The summed E-state index contributed by atoms with van der Waals surface area (Å²) < 4.78 is 21.6. The summed E-state index contributed by atoms with van der Waals surface area (Å²) in [6.45, 7) is 3.16. The van der Waals surface area contributed by atoms with E-state index < -0.39 is 7.60 Å². The third-order valence-corrected chi connectivity index (χ3v) is 2.66. The zero-order chi connectivity index (χ0) is 11.2. The molecule has 1 unspecified atom stereocenters. The molecular formula is C8H21NO4P+. The first-order valence-corrected chi connectivity index (χ1v) is 6.38. The lowest BCUT2D eigenvalue weighted by Gasteiger charge is -2.23. The Balaban J connectivity index is 3.59. The van der Waals surface area contributed by atoms with Gasteiger partial charge in [-0.25, -0.2) is 0 Å². The third-order valence-electron chi connectivity index (χ3n) is 1.49. The summed E-state index contributed by atoms with van der Waals surface area (Å²) in [6.07, 6.45) is -0.221. The molecule has 0 fully saturated rings. The molecule has 0 bridgehead atoms. The summed E-state index contributed by atoms with van der Waals surface area (Å²) >= 11 is 0. The molecule has 0 aromatic heterocycles. The van der Waals surface area contributed by atoms with Gasteiger partial charge in [0.25, 0.3) is 0 Å². The molecular weight excluding hydrogens is 205 g/mol. The van der Waals surface area contributed by atoms with Gasteiger partial charge in [0.15, 0.2) is 0 Å². The van der Waals surface area contributed by atoms with Crippen molar-refractivity contribution in [2.75, 3.05) is 47.2 Å². The van der Waals surface area contributed by atoms with Crippen molar-refractivity contribution < 1.29 is 23.2 Å². The van der Waals surface area contributed by atoms with E-state index in [0.29, 0.717) is 6.61 Å². The van der Waals surface area contributed by atoms with E-state index in [9.17, 15) is 4.57 Å². The van der Waals surface area contributed by atoms with Crippen LogP contribution in [0.2, 0.25) is 0 Å². The van der Waals surface area contributed by atoms with Crippen LogP contribution in [0.3, 0.4) is 0 Å². The summed E-state index contributed by atoms with van der Waals surface area (Å²) in [7, 11) is 2.59. The maximum atomic E-state index is 11.1. The fraction of sp³-hybridized carbons (Fsp3) is 1.00. The zero-order valence-electron chi connectivity index (χ0n) is 9.39. The van der Waals surface area contributed by atoms with Crippen LogP contribution in [0.25, 0.3) is 0 Å². The molecule has 0 rings (SSSR count). The van der Waals surface area contributed by atoms with Gasteiger partial charge in [0.1, 0.15) is 12.9 Å². The largest absolute Gasteiger partial charge is 0.363 e. The van der Waals surface area contributed by atoms with Crippen molar-refractivity contribution in [1.82, 2.24) is 0 Å². The van der Waals surface area contributed by atoms with Crippen molar-refractivity contribution in [2.45, 2.75) is 6.92 Å². The quantitative estimate of drug-likeness (QED) is 0.398. The van der Waals surface area contributed by atoms with Gasteiger partial charge in [0, 0.05) is 0 Å². The average Bonchev–Trinajstić information content (AvgIpc) is 1.96. The molecule has 5 nitrogen and oxygen atoms in total. The van der Waals surface area contributed by atoms with Gasteiger partial charge in [-0.1, -0.05) is 0 Å². The SMILES string of the molecule is CCOP(=O)(O)COCC[N+](C)(C)C. The number of quaternary nitrogens is 1. The zero-order valence-corrected chi connectivity index (χ0v) is 10.3. The molecule has 1 atom stereocenters. The van der Waals surface area contributed by atoms with Crippen molar-refractivity contribution in [3.8, 4) is 0 Å². The Hall–Kier alpha value is 0.0700. The van der Waals surface area contributed by atoms with Crippen LogP contribution < -0.4 is 0 Å². The molecule has 14 heavy (non-hydrogen) atoms. The van der Waals surface area contributed by atoms with Gasteiger partial charge in [-0.05, 0) is 6.92 Å². The summed E-state index contributed by atoms with van der Waals surface area (Å²) in [5.74, 6) is 0. The lowest BCUT2D eigenvalue weighted by Crippen LogP contribution is -2.37. The fourth-order valence-corrected chi connectivity index (χ4v) is 1.60. The van der Waals surface area contributed by atoms with Crippen LogP contribution in [0.4, 0.5) is 0 Å². The molecule has 0 aliphatic heterocycles. The Kier molecular flexibility index (Phi) is 5.86. The molecule has 0 saturated carbocycles. The topological polar surface area (TPSA) is 55.8 Å². The first-order valence-electron chi connectivity index (χ1n) is 4.61. The third kappa shape index (κ3) is 8.66. The van der Waals surface area contributed by atoms with E-state index in [1.54, 1.807) is 6.92 Å². The standard InChI is InChI=1S/C8H20NO4P/c1-5-13-14(10,11)8-12-7-6-9(2,3)4/h5-8H2,1-4H3/p+1. The highest BCUT2D eigenvalue weighted by molar-refractivity contribution is 7.52. The minimum Gasteiger partial charge on any atom is -0.363 e. The highest BCUT2D eigenvalue weighted by atomic mass is 31.2. The molecule has 0 aliphatic rings. The first-order chi connectivity index (χ1) is 6.27. The summed E-state index contributed by atoms with van der Waals surface area (Å²) in [5.41, 5.74) is 0. The van der Waals surface area contributed by atoms with Gasteiger partial charge in [-0.15, -0.1) is 0 Å². The van der Waals surface area contributed by atoms with E-state index in [1.165, 1.54) is 0 Å². The van der Waals surface area contributed by atoms with Crippen LogP contribution in [-0.4, -0.2) is 56.6 Å². The van der Waals surface area contributed by atoms with Crippen molar-refractivity contribution in [2.24, 2.45) is 0 Å². The molecule has 86 valence electrons. The van der Waals surface area contributed by atoms with Crippen molar-refractivity contribution >= 4 is 7.60 Å². The van der Waals surface area contributed by atoms with Crippen LogP contribution >= 0.6 is 7.60 Å². The maximum absolute atomic E-state index is 11.1. The molecule has 0 aliphatic carbocycles. The minimum atomic E-state index is -3.50. The Morgan fingerprint density at radius 2 is 1.93 bits per heavy atom. The molecule has 0 radical (unpaired) electrons. The maximum Gasteiger partial charge on any atom is 0.353 e. The molecule has 0 heterocycles. The van der Waals surface area contributed by atoms with Crippen LogP contribution in [-0.2, 0) is 13.8 Å². The Labute approximate surface area is 85.7 Å². The summed E-state index contributed by atoms with van der Waals surface area (Å²) in [4.78, 5) is 9.15. The van der Waals surface area contributed by atoms with Gasteiger partial charge in [-0.3, -0.25) is 4.57 Å². The smallest absolute Gasteiger partial charge is 0.353 e. The second kappa shape index (κ2) is 5.83. The number of rotatable bonds is 7. The van der Waals surface area contributed by atoms with Crippen molar-refractivity contribution in [1.29, 1.82) is 0 Å². The highest BCUT2D eigenvalue weighted by Crippen LogP contribution is 2.41. The van der Waals surface area contributed by atoms with E-state index >= 15 is 0 Å². The number of nitrogens with zero attached hydrogens (tertiary/aromatic N) is 1. The fourth-order valence-electron chi connectivity index (χ4n) is 0.757. The Morgan fingerprint density at radius 1 is 1.36 bits per heavy atom. The molecule has 0 amide bonds. The van der Waals surface area contributed by atoms with Crippen LogP contribution in [0.15, 0.2) is 0 Å². The predicted octanol–water partition coefficient (Wildman–Crippen LogP) is 0.889.